The Labute approximate surface area is 248 Å². The van der Waals surface area contributed by atoms with Crippen molar-refractivity contribution in [1.82, 2.24) is 19.8 Å². The van der Waals surface area contributed by atoms with Gasteiger partial charge in [-0.3, -0.25) is 10.2 Å². The predicted octanol–water partition coefficient (Wildman–Crippen LogP) is 6.28. The van der Waals surface area contributed by atoms with E-state index in [4.69, 9.17) is 17.2 Å². The molecule has 4 aromatic rings. The van der Waals surface area contributed by atoms with Crippen LogP contribution in [0.1, 0.15) is 39.7 Å². The van der Waals surface area contributed by atoms with Crippen LogP contribution in [-0.4, -0.2) is 57.0 Å². The van der Waals surface area contributed by atoms with Crippen molar-refractivity contribution in [2.45, 2.75) is 33.7 Å². The summed E-state index contributed by atoms with van der Waals surface area (Å²) in [4.78, 5) is 18.8. The lowest BCUT2D eigenvalue weighted by Gasteiger charge is -2.40. The Kier molecular flexibility index (Phi) is 9.01. The van der Waals surface area contributed by atoms with Crippen LogP contribution in [0.25, 0.3) is 0 Å². The van der Waals surface area contributed by atoms with Crippen LogP contribution >= 0.6 is 12.2 Å². The molecule has 0 aliphatic carbocycles. The number of hydrogen-bond acceptors (Lipinski definition) is 4. The zero-order chi connectivity index (χ0) is 28.8. The van der Waals surface area contributed by atoms with Gasteiger partial charge in [0.1, 0.15) is 0 Å². The lowest BCUT2D eigenvalue weighted by molar-refractivity contribution is 0.150. The van der Waals surface area contributed by atoms with Gasteiger partial charge in [0.15, 0.2) is 0 Å². The number of thiocarbonyl (C=S) groups is 1. The number of benzene rings is 3. The van der Waals surface area contributed by atoms with Crippen LogP contribution < -0.4 is 10.6 Å². The van der Waals surface area contributed by atoms with E-state index in [-0.39, 0.29) is 6.04 Å². The molecule has 0 atom stereocenters. The summed E-state index contributed by atoms with van der Waals surface area (Å²) in [5, 5.41) is 7.08. The quantitative estimate of drug-likeness (QED) is 0.168. The maximum atomic E-state index is 5.72. The number of aromatic nitrogens is 2. The number of aliphatic imine (C=N–C) groups is 1. The molecule has 0 amide bonds. The van der Waals surface area contributed by atoms with Gasteiger partial charge < -0.3 is 10.2 Å². The Morgan fingerprint density at radius 1 is 0.756 bits per heavy atom. The van der Waals surface area contributed by atoms with E-state index in [1.807, 2.05) is 26.0 Å². The van der Waals surface area contributed by atoms with Crippen LogP contribution in [0.5, 0.6) is 0 Å². The average Bonchev–Trinajstić information content (AvgIpc) is 2.95. The molecule has 1 fully saturated rings. The van der Waals surface area contributed by atoms with Crippen LogP contribution in [0.4, 0.5) is 11.6 Å². The number of rotatable bonds is 5. The largest absolute Gasteiger partial charge is 0.340 e. The van der Waals surface area contributed by atoms with Gasteiger partial charge >= 0.3 is 0 Å². The highest BCUT2D eigenvalue weighted by Gasteiger charge is 2.28. The fourth-order valence-corrected chi connectivity index (χ4v) is 5.53. The topological polar surface area (TPSA) is 68.7 Å². The van der Waals surface area contributed by atoms with Crippen molar-refractivity contribution in [3.8, 4) is 0 Å². The zero-order valence-electron chi connectivity index (χ0n) is 24.1. The monoisotopic (exact) mass is 563 g/mol. The summed E-state index contributed by atoms with van der Waals surface area (Å²) in [6, 6.07) is 29.8. The number of hydrogen-bond donors (Lipinski definition) is 2. The summed E-state index contributed by atoms with van der Waals surface area (Å²) in [6.07, 6.45) is 0. The van der Waals surface area contributed by atoms with E-state index in [9.17, 15) is 0 Å². The average molecular weight is 564 g/mol. The maximum Gasteiger partial charge on any atom is 0.229 e. The fraction of sp³-hybridized carbons (Fsp3) is 0.273. The number of anilines is 2. The normalized spacial score (nSPS) is 14.3. The molecule has 8 heteroatoms. The third-order valence-electron chi connectivity index (χ3n) is 7.25. The van der Waals surface area contributed by atoms with Gasteiger partial charge in [0.05, 0.1) is 6.04 Å². The first kappa shape index (κ1) is 28.4. The Balaban J connectivity index is 1.38. The van der Waals surface area contributed by atoms with Gasteiger partial charge in [-0.25, -0.2) is 9.97 Å². The van der Waals surface area contributed by atoms with Crippen molar-refractivity contribution >= 4 is 34.9 Å². The molecule has 5 rings (SSSR count). The highest BCUT2D eigenvalue weighted by Crippen LogP contribution is 2.29. The molecular weight excluding hydrogens is 526 g/mol. The molecule has 1 aliphatic heterocycles. The second-order valence-electron chi connectivity index (χ2n) is 10.5. The molecule has 0 bridgehead atoms. The van der Waals surface area contributed by atoms with Crippen LogP contribution in [0.15, 0.2) is 89.9 Å². The third-order valence-corrected chi connectivity index (χ3v) is 7.44. The molecule has 2 heterocycles. The number of guanidine groups is 1. The van der Waals surface area contributed by atoms with E-state index in [1.165, 1.54) is 16.7 Å². The molecule has 0 saturated carbocycles. The van der Waals surface area contributed by atoms with Gasteiger partial charge in [-0.15, -0.1) is 0 Å². The molecule has 0 spiro atoms. The van der Waals surface area contributed by atoms with Crippen LogP contribution in [0, 0.1) is 27.7 Å². The molecule has 0 unspecified atom stereocenters. The smallest absolute Gasteiger partial charge is 0.229 e. The second kappa shape index (κ2) is 13.0. The third kappa shape index (κ3) is 7.34. The molecule has 2 N–H and O–H groups in total. The molecule has 1 saturated heterocycles. The minimum atomic E-state index is 0.183. The Hall–Kier alpha value is -4.14. The molecule has 0 radical (unpaired) electrons. The molecule has 1 aromatic heterocycles. The lowest BCUT2D eigenvalue weighted by Crippen LogP contribution is -2.52. The Bertz CT molecular complexity index is 1450. The molecule has 210 valence electrons. The van der Waals surface area contributed by atoms with Crippen LogP contribution in [0.2, 0.25) is 0 Å². The van der Waals surface area contributed by atoms with Gasteiger partial charge in [-0.2, -0.15) is 4.99 Å². The highest BCUT2D eigenvalue weighted by atomic mass is 32.1. The summed E-state index contributed by atoms with van der Waals surface area (Å²) in [7, 11) is 0. The highest BCUT2D eigenvalue weighted by molar-refractivity contribution is 7.80. The zero-order valence-corrected chi connectivity index (χ0v) is 24.9. The number of nitrogens with zero attached hydrogens (tertiary/aromatic N) is 5. The number of nitrogens with one attached hydrogen (secondary N) is 2. The minimum Gasteiger partial charge on any atom is -0.340 e. The maximum absolute atomic E-state index is 5.72. The van der Waals surface area contributed by atoms with Crippen molar-refractivity contribution < 1.29 is 0 Å². The molecule has 7 nitrogen and oxygen atoms in total. The van der Waals surface area contributed by atoms with Crippen molar-refractivity contribution in [1.29, 1.82) is 0 Å². The van der Waals surface area contributed by atoms with E-state index in [2.05, 4.69) is 117 Å². The van der Waals surface area contributed by atoms with Crippen molar-refractivity contribution in [2.75, 3.05) is 36.8 Å². The molecule has 41 heavy (non-hydrogen) atoms. The fourth-order valence-electron chi connectivity index (χ4n) is 5.33. The Morgan fingerprint density at radius 3 is 1.90 bits per heavy atom. The standard InChI is InChI=1S/C33H37N7S/c1-23-15-16-29(24(2)21-23)36-33(41)38-32(37-31-34-25(3)22-26(4)35-31)40-19-17-39(18-20-40)30(27-11-7-5-8-12-27)28-13-9-6-10-14-28/h5-16,21-22,30H,17-20H2,1-4H3,(H2,34,35,36,37,38,41). The van der Waals surface area contributed by atoms with Gasteiger partial charge in [0.25, 0.3) is 0 Å². The van der Waals surface area contributed by atoms with Crippen molar-refractivity contribution in [3.05, 3.63) is 119 Å². The molecular formula is C33H37N7S. The van der Waals surface area contributed by atoms with E-state index in [0.29, 0.717) is 17.0 Å². The lowest BCUT2D eigenvalue weighted by atomic mass is 9.96. The summed E-state index contributed by atoms with van der Waals surface area (Å²) in [5.41, 5.74) is 7.66. The number of piperazine rings is 1. The molecule has 1 aliphatic rings. The predicted molar refractivity (Wildman–Crippen MR) is 173 cm³/mol. The summed E-state index contributed by atoms with van der Waals surface area (Å²) >= 11 is 5.72. The van der Waals surface area contributed by atoms with E-state index in [1.54, 1.807) is 0 Å². The SMILES string of the molecule is Cc1ccc(NC(=S)/N=C(/Nc2nc(C)cc(C)n2)N2CCN(C(c3ccccc3)c3ccccc3)CC2)c(C)c1. The van der Waals surface area contributed by atoms with E-state index >= 15 is 0 Å². The van der Waals surface area contributed by atoms with Gasteiger partial charge in [-0.1, -0.05) is 78.4 Å². The first-order chi connectivity index (χ1) is 19.9. The van der Waals surface area contributed by atoms with E-state index < -0.39 is 0 Å². The van der Waals surface area contributed by atoms with Gasteiger partial charge in [-0.05, 0) is 68.7 Å². The first-order valence-corrected chi connectivity index (χ1v) is 14.4. The van der Waals surface area contributed by atoms with E-state index in [0.717, 1.165) is 48.8 Å². The summed E-state index contributed by atoms with van der Waals surface area (Å²) in [5.74, 6) is 1.16. The minimum absolute atomic E-state index is 0.183. The first-order valence-electron chi connectivity index (χ1n) is 14.0. The van der Waals surface area contributed by atoms with Gasteiger partial charge in [0, 0.05) is 43.3 Å². The summed E-state index contributed by atoms with van der Waals surface area (Å²) in [6.45, 7) is 11.4. The molecule has 3 aromatic carbocycles. The van der Waals surface area contributed by atoms with Crippen molar-refractivity contribution in [2.24, 2.45) is 4.99 Å². The van der Waals surface area contributed by atoms with Crippen LogP contribution in [0.3, 0.4) is 0 Å². The van der Waals surface area contributed by atoms with Crippen molar-refractivity contribution in [3.63, 3.8) is 0 Å². The number of aryl methyl sites for hydroxylation is 4. The van der Waals surface area contributed by atoms with Crippen LogP contribution in [-0.2, 0) is 0 Å². The summed E-state index contributed by atoms with van der Waals surface area (Å²) < 4.78 is 0. The second-order valence-corrected chi connectivity index (χ2v) is 10.9. The Morgan fingerprint density at radius 2 is 1.34 bits per heavy atom. The van der Waals surface area contributed by atoms with Gasteiger partial charge in [0.2, 0.25) is 17.0 Å².